The van der Waals surface area contributed by atoms with Gasteiger partial charge in [-0.1, -0.05) is 24.3 Å². The van der Waals surface area contributed by atoms with Crippen molar-refractivity contribution in [3.63, 3.8) is 0 Å². The van der Waals surface area contributed by atoms with E-state index in [1.165, 1.54) is 17.4 Å². The largest absolute Gasteiger partial charge is 0.454 e. The molecule has 1 N–H and O–H groups in total. The Labute approximate surface area is 190 Å². The topological polar surface area (TPSA) is 54.0 Å². The van der Waals surface area contributed by atoms with E-state index in [0.717, 1.165) is 30.2 Å². The van der Waals surface area contributed by atoms with Crippen LogP contribution in [0.5, 0.6) is 11.5 Å². The molecule has 0 saturated carbocycles. The van der Waals surface area contributed by atoms with Gasteiger partial charge in [-0.15, -0.1) is 11.3 Å². The molecule has 0 spiro atoms. The van der Waals surface area contributed by atoms with E-state index in [-0.39, 0.29) is 24.6 Å². The molecular formula is C24H24FN3O3S. The second kappa shape index (κ2) is 9.18. The first-order valence-corrected chi connectivity index (χ1v) is 11.5. The van der Waals surface area contributed by atoms with E-state index in [1.807, 2.05) is 47.8 Å². The van der Waals surface area contributed by atoms with Crippen molar-refractivity contribution in [3.8, 4) is 11.5 Å². The summed E-state index contributed by atoms with van der Waals surface area (Å²) in [5, 5.41) is 4.98. The Morgan fingerprint density at radius 3 is 2.62 bits per heavy atom. The maximum Gasteiger partial charge on any atom is 0.261 e. The second-order valence-corrected chi connectivity index (χ2v) is 8.74. The normalized spacial score (nSPS) is 16.7. The molecule has 8 heteroatoms. The summed E-state index contributed by atoms with van der Waals surface area (Å²) in [5.41, 5.74) is 1.69. The minimum atomic E-state index is -0.198. The number of carbonyl (C=O) groups is 1. The summed E-state index contributed by atoms with van der Waals surface area (Å²) >= 11 is 1.43. The van der Waals surface area contributed by atoms with Crippen molar-refractivity contribution in [1.82, 2.24) is 10.2 Å². The van der Waals surface area contributed by atoms with Crippen LogP contribution >= 0.6 is 11.3 Å². The predicted molar refractivity (Wildman–Crippen MR) is 122 cm³/mol. The number of piperazine rings is 1. The van der Waals surface area contributed by atoms with Crippen LogP contribution in [0, 0.1) is 5.82 Å². The lowest BCUT2D eigenvalue weighted by atomic mass is 10.0. The number of benzene rings is 2. The zero-order valence-electron chi connectivity index (χ0n) is 17.5. The van der Waals surface area contributed by atoms with Crippen molar-refractivity contribution in [3.05, 3.63) is 76.2 Å². The number of ether oxygens (including phenoxy) is 2. The summed E-state index contributed by atoms with van der Waals surface area (Å²) < 4.78 is 25.3. The molecule has 0 radical (unpaired) electrons. The van der Waals surface area contributed by atoms with Gasteiger partial charge in [0.2, 0.25) is 6.79 Å². The SMILES string of the molecule is O=C(NC[C@H](c1ccc2c(c1)OCO2)N1CCN(c2ccccc2F)CC1)c1cccs1. The van der Waals surface area contributed by atoms with Gasteiger partial charge in [0.25, 0.3) is 5.91 Å². The number of nitrogens with one attached hydrogen (secondary N) is 1. The van der Waals surface area contributed by atoms with Crippen molar-refractivity contribution in [1.29, 1.82) is 0 Å². The maximum absolute atomic E-state index is 14.2. The molecule has 2 aromatic carbocycles. The molecule has 2 aliphatic rings. The fourth-order valence-corrected chi connectivity index (χ4v) is 4.89. The lowest BCUT2D eigenvalue weighted by Gasteiger charge is -2.40. The molecule has 0 unspecified atom stereocenters. The lowest BCUT2D eigenvalue weighted by molar-refractivity contribution is 0.0934. The van der Waals surface area contributed by atoms with E-state index < -0.39 is 0 Å². The highest BCUT2D eigenvalue weighted by molar-refractivity contribution is 7.12. The van der Waals surface area contributed by atoms with Gasteiger partial charge in [0.1, 0.15) is 5.82 Å². The zero-order chi connectivity index (χ0) is 21.9. The fourth-order valence-electron chi connectivity index (χ4n) is 4.25. The Hall–Kier alpha value is -3.10. The minimum absolute atomic E-state index is 0.0313. The van der Waals surface area contributed by atoms with Gasteiger partial charge in [-0.05, 0) is 41.3 Å². The summed E-state index contributed by atoms with van der Waals surface area (Å²) in [6, 6.07) is 16.5. The Morgan fingerprint density at radius 1 is 1.03 bits per heavy atom. The third-order valence-corrected chi connectivity index (χ3v) is 6.80. The highest BCUT2D eigenvalue weighted by atomic mass is 32.1. The molecule has 5 rings (SSSR count). The van der Waals surface area contributed by atoms with Crippen LogP contribution in [-0.2, 0) is 0 Å². The predicted octanol–water partition coefficient (Wildman–Crippen LogP) is 3.91. The summed E-state index contributed by atoms with van der Waals surface area (Å²) in [6.45, 7) is 3.61. The minimum Gasteiger partial charge on any atom is -0.454 e. The molecule has 3 aromatic rings. The van der Waals surface area contributed by atoms with Crippen molar-refractivity contribution >= 4 is 22.9 Å². The highest BCUT2D eigenvalue weighted by Crippen LogP contribution is 2.36. The first kappa shape index (κ1) is 20.8. The van der Waals surface area contributed by atoms with Crippen molar-refractivity contribution in [2.75, 3.05) is 44.4 Å². The van der Waals surface area contributed by atoms with Gasteiger partial charge in [-0.25, -0.2) is 4.39 Å². The van der Waals surface area contributed by atoms with Crippen LogP contribution in [0.15, 0.2) is 60.0 Å². The number of carbonyl (C=O) groups excluding carboxylic acids is 1. The number of halogens is 1. The van der Waals surface area contributed by atoms with Gasteiger partial charge in [-0.2, -0.15) is 0 Å². The molecule has 1 aromatic heterocycles. The van der Waals surface area contributed by atoms with E-state index in [4.69, 9.17) is 9.47 Å². The average molecular weight is 454 g/mol. The summed E-state index contributed by atoms with van der Waals surface area (Å²) in [5.74, 6) is 1.19. The smallest absolute Gasteiger partial charge is 0.261 e. The number of nitrogens with zero attached hydrogens (tertiary/aromatic N) is 2. The molecule has 6 nitrogen and oxygen atoms in total. The molecule has 0 bridgehead atoms. The van der Waals surface area contributed by atoms with E-state index in [1.54, 1.807) is 6.07 Å². The van der Waals surface area contributed by atoms with Crippen molar-refractivity contribution in [2.45, 2.75) is 6.04 Å². The molecule has 166 valence electrons. The first-order valence-electron chi connectivity index (χ1n) is 10.6. The monoisotopic (exact) mass is 453 g/mol. The standard InChI is InChI=1S/C24H24FN3O3S/c25-18-4-1-2-5-19(18)27-9-11-28(12-10-27)20(15-26-24(29)23-6-3-13-32-23)17-7-8-21-22(14-17)31-16-30-21/h1-8,13-14,20H,9-12,15-16H2,(H,26,29)/t20-/m1/s1. The fraction of sp³-hybridized carbons (Fsp3) is 0.292. The Morgan fingerprint density at radius 2 is 1.84 bits per heavy atom. The summed E-state index contributed by atoms with van der Waals surface area (Å²) in [6.07, 6.45) is 0. The van der Waals surface area contributed by atoms with E-state index in [9.17, 15) is 9.18 Å². The molecule has 2 aliphatic heterocycles. The first-order chi connectivity index (χ1) is 15.7. The molecule has 1 saturated heterocycles. The zero-order valence-corrected chi connectivity index (χ0v) is 18.3. The van der Waals surface area contributed by atoms with E-state index in [2.05, 4.69) is 15.1 Å². The van der Waals surface area contributed by atoms with Crippen molar-refractivity contribution in [2.24, 2.45) is 0 Å². The number of rotatable bonds is 6. The number of amides is 1. The lowest BCUT2D eigenvalue weighted by Crippen LogP contribution is -2.50. The van der Waals surface area contributed by atoms with Gasteiger partial charge in [0, 0.05) is 32.7 Å². The van der Waals surface area contributed by atoms with E-state index >= 15 is 0 Å². The van der Waals surface area contributed by atoms with Gasteiger partial charge in [0.05, 0.1) is 16.6 Å². The third kappa shape index (κ3) is 4.28. The summed E-state index contributed by atoms with van der Waals surface area (Å²) in [4.78, 5) is 17.7. The number of thiophene rings is 1. The van der Waals surface area contributed by atoms with E-state index in [0.29, 0.717) is 30.2 Å². The Bertz CT molecular complexity index is 1080. The maximum atomic E-state index is 14.2. The molecule has 32 heavy (non-hydrogen) atoms. The Kier molecular flexibility index (Phi) is 5.96. The van der Waals surface area contributed by atoms with Crippen LogP contribution in [0.4, 0.5) is 10.1 Å². The van der Waals surface area contributed by atoms with Crippen LogP contribution in [-0.4, -0.2) is 50.3 Å². The molecule has 1 fully saturated rings. The molecule has 1 atom stereocenters. The number of para-hydroxylation sites is 1. The molecular weight excluding hydrogens is 429 g/mol. The van der Waals surface area contributed by atoms with Gasteiger partial charge in [0.15, 0.2) is 11.5 Å². The van der Waals surface area contributed by atoms with Crippen LogP contribution < -0.4 is 19.7 Å². The average Bonchev–Trinajstić information content (AvgIpc) is 3.52. The van der Waals surface area contributed by atoms with Crippen LogP contribution in [0.2, 0.25) is 0 Å². The molecule has 0 aliphatic carbocycles. The molecule has 1 amide bonds. The third-order valence-electron chi connectivity index (χ3n) is 5.93. The van der Waals surface area contributed by atoms with Gasteiger partial charge in [-0.3, -0.25) is 9.69 Å². The number of fused-ring (bicyclic) bond motifs is 1. The van der Waals surface area contributed by atoms with Gasteiger partial charge < -0.3 is 19.7 Å². The Balaban J connectivity index is 1.33. The summed E-state index contributed by atoms with van der Waals surface area (Å²) in [7, 11) is 0. The van der Waals surface area contributed by atoms with Crippen LogP contribution in [0.1, 0.15) is 21.3 Å². The van der Waals surface area contributed by atoms with Crippen molar-refractivity contribution < 1.29 is 18.7 Å². The highest BCUT2D eigenvalue weighted by Gasteiger charge is 2.28. The number of hydrogen-bond acceptors (Lipinski definition) is 6. The number of hydrogen-bond donors (Lipinski definition) is 1. The van der Waals surface area contributed by atoms with Crippen LogP contribution in [0.25, 0.3) is 0 Å². The second-order valence-electron chi connectivity index (χ2n) is 7.79. The van der Waals surface area contributed by atoms with Gasteiger partial charge >= 0.3 is 0 Å². The molecule has 3 heterocycles. The number of anilines is 1. The van der Waals surface area contributed by atoms with Crippen LogP contribution in [0.3, 0.4) is 0 Å². The quantitative estimate of drug-likeness (QED) is 0.613.